The van der Waals surface area contributed by atoms with Crippen LogP contribution in [-0.4, -0.2) is 24.4 Å². The second-order valence-electron chi connectivity index (χ2n) is 5.46. The highest BCUT2D eigenvalue weighted by Gasteiger charge is 2.27. The van der Waals surface area contributed by atoms with Crippen molar-refractivity contribution in [3.05, 3.63) is 71.9 Å². The van der Waals surface area contributed by atoms with E-state index in [1.54, 1.807) is 7.05 Å². The highest BCUT2D eigenvalue weighted by Crippen LogP contribution is 2.29. The molecule has 144 valence electrons. The molecule has 2 aromatic heterocycles. The van der Waals surface area contributed by atoms with Crippen molar-refractivity contribution in [3.8, 4) is 11.3 Å². The van der Waals surface area contributed by atoms with Crippen LogP contribution in [0.15, 0.2) is 53.7 Å². The lowest BCUT2D eigenvalue weighted by atomic mass is 10.2. The minimum Gasteiger partial charge on any atom is -0.316 e. The summed E-state index contributed by atoms with van der Waals surface area (Å²) in [4.78, 5) is 2.68. The first-order chi connectivity index (χ1) is 12.4. The molecule has 1 N–H and O–H groups in total. The molecule has 1 aromatic carbocycles. The molecular weight excluding hydrogens is 403 g/mol. The smallest absolute Gasteiger partial charge is 0.271 e. The molecule has 5 nitrogen and oxygen atoms in total. The number of pyridine rings is 1. The third-order valence-corrected chi connectivity index (χ3v) is 5.40. The highest BCUT2D eigenvalue weighted by molar-refractivity contribution is 7.90. The topological polar surface area (TPSA) is 64.0 Å². The van der Waals surface area contributed by atoms with Crippen molar-refractivity contribution in [2.75, 3.05) is 7.05 Å². The van der Waals surface area contributed by atoms with Crippen molar-refractivity contribution in [2.45, 2.75) is 11.4 Å². The molecular formula is C17H15ClF3N3O2S. The molecule has 0 saturated carbocycles. The molecule has 0 spiro atoms. The molecule has 3 rings (SSSR count). The number of nitrogens with one attached hydrogen (secondary N) is 1. The summed E-state index contributed by atoms with van der Waals surface area (Å²) in [5, 5.41) is 2.85. The molecule has 0 radical (unpaired) electrons. The van der Waals surface area contributed by atoms with Crippen LogP contribution in [0.4, 0.5) is 13.2 Å². The third-order valence-electron chi connectivity index (χ3n) is 3.71. The molecule has 0 unspecified atom stereocenters. The van der Waals surface area contributed by atoms with Gasteiger partial charge >= 0.3 is 0 Å². The van der Waals surface area contributed by atoms with E-state index in [0.717, 1.165) is 22.2 Å². The molecule has 0 atom stereocenters. The molecule has 0 bridgehead atoms. The van der Waals surface area contributed by atoms with E-state index in [1.165, 1.54) is 30.6 Å². The predicted octanol–water partition coefficient (Wildman–Crippen LogP) is 3.35. The second-order valence-corrected chi connectivity index (χ2v) is 7.24. The summed E-state index contributed by atoms with van der Waals surface area (Å²) in [6, 6.07) is 7.11. The molecule has 3 aromatic rings. The zero-order chi connectivity index (χ0) is 18.9. The summed E-state index contributed by atoms with van der Waals surface area (Å²) in [6.07, 6.45) is 2.46. The van der Waals surface area contributed by atoms with Gasteiger partial charge in [-0.1, -0.05) is 6.07 Å². The fourth-order valence-electron chi connectivity index (χ4n) is 2.56. The van der Waals surface area contributed by atoms with Crippen LogP contribution in [0.3, 0.4) is 0 Å². The van der Waals surface area contributed by atoms with Gasteiger partial charge in [-0.15, -0.1) is 12.4 Å². The van der Waals surface area contributed by atoms with Gasteiger partial charge in [-0.3, -0.25) is 0 Å². The first-order valence-corrected chi connectivity index (χ1v) is 8.96. The summed E-state index contributed by atoms with van der Waals surface area (Å²) < 4.78 is 68.3. The number of nitrogens with zero attached hydrogens (tertiary/aromatic N) is 2. The number of aromatic nitrogens is 2. The van der Waals surface area contributed by atoms with E-state index in [4.69, 9.17) is 0 Å². The summed E-state index contributed by atoms with van der Waals surface area (Å²) in [7, 11) is -2.85. The Labute approximate surface area is 160 Å². The largest absolute Gasteiger partial charge is 0.316 e. The van der Waals surface area contributed by atoms with Crippen LogP contribution >= 0.6 is 12.4 Å². The first kappa shape index (κ1) is 20.9. The predicted molar refractivity (Wildman–Crippen MR) is 96.6 cm³/mol. The fraction of sp³-hybridized carbons (Fsp3) is 0.118. The number of halogens is 4. The van der Waals surface area contributed by atoms with E-state index in [0.29, 0.717) is 12.1 Å². The Morgan fingerprint density at radius 2 is 1.89 bits per heavy atom. The molecule has 2 heterocycles. The molecule has 0 fully saturated rings. The minimum atomic E-state index is -4.51. The third kappa shape index (κ3) is 3.85. The van der Waals surface area contributed by atoms with E-state index >= 15 is 0 Å². The number of benzene rings is 1. The molecule has 0 aliphatic rings. The van der Waals surface area contributed by atoms with Gasteiger partial charge in [0.05, 0.1) is 11.3 Å². The maximum Gasteiger partial charge on any atom is 0.271 e. The lowest BCUT2D eigenvalue weighted by Crippen LogP contribution is -2.16. The summed E-state index contributed by atoms with van der Waals surface area (Å²) >= 11 is 0. The van der Waals surface area contributed by atoms with Gasteiger partial charge in [-0.2, -0.15) is 4.39 Å². The average molecular weight is 418 g/mol. The van der Waals surface area contributed by atoms with Crippen molar-refractivity contribution in [1.82, 2.24) is 14.3 Å². The molecule has 0 amide bonds. The maximum absolute atomic E-state index is 14.1. The molecule has 0 saturated heterocycles. The van der Waals surface area contributed by atoms with Crippen molar-refractivity contribution >= 4 is 22.4 Å². The quantitative estimate of drug-likeness (QED) is 0.647. The Bertz CT molecular complexity index is 1070. The van der Waals surface area contributed by atoms with Gasteiger partial charge in [0.15, 0.2) is 11.6 Å². The van der Waals surface area contributed by atoms with Crippen LogP contribution in [-0.2, 0) is 16.6 Å². The highest BCUT2D eigenvalue weighted by atomic mass is 35.5. The monoisotopic (exact) mass is 417 g/mol. The molecule has 10 heteroatoms. The standard InChI is InChI=1S/C17H14F3N3O2S.ClH/c1-21-9-11-8-14(12-4-3-7-22-17(12)20)23(10-11)26(24,25)15-6-2-5-13(18)16(15)19;/h2-8,10,21H,9H2,1H3;1H. The Morgan fingerprint density at radius 1 is 1.15 bits per heavy atom. The van der Waals surface area contributed by atoms with E-state index in [2.05, 4.69) is 10.3 Å². The maximum atomic E-state index is 14.1. The van der Waals surface area contributed by atoms with Gasteiger partial charge in [-0.25, -0.2) is 26.2 Å². The van der Waals surface area contributed by atoms with E-state index in [9.17, 15) is 21.6 Å². The van der Waals surface area contributed by atoms with Crippen molar-refractivity contribution in [1.29, 1.82) is 0 Å². The molecule has 0 aliphatic carbocycles. The van der Waals surface area contributed by atoms with Gasteiger partial charge in [0.1, 0.15) is 4.90 Å². The fourth-order valence-corrected chi connectivity index (χ4v) is 4.03. The normalized spacial score (nSPS) is 11.3. The second kappa shape index (κ2) is 8.12. The van der Waals surface area contributed by atoms with Gasteiger partial charge < -0.3 is 5.32 Å². The Hall–Kier alpha value is -2.36. The lowest BCUT2D eigenvalue weighted by Gasteiger charge is -2.11. The Morgan fingerprint density at radius 3 is 2.56 bits per heavy atom. The molecule has 0 aliphatic heterocycles. The van der Waals surface area contributed by atoms with E-state index in [1.807, 2.05) is 0 Å². The summed E-state index contributed by atoms with van der Waals surface area (Å²) in [6.45, 7) is 0.295. The van der Waals surface area contributed by atoms with Crippen LogP contribution in [0.2, 0.25) is 0 Å². The van der Waals surface area contributed by atoms with Crippen LogP contribution in [0.1, 0.15) is 5.56 Å². The summed E-state index contributed by atoms with van der Waals surface area (Å²) in [5.74, 6) is -3.66. The SMILES string of the molecule is CNCc1cc(-c2cccnc2F)n(S(=O)(=O)c2cccc(F)c2F)c1.Cl. The Kier molecular flexibility index (Phi) is 6.30. The van der Waals surface area contributed by atoms with E-state index in [-0.39, 0.29) is 23.7 Å². The molecule has 27 heavy (non-hydrogen) atoms. The van der Waals surface area contributed by atoms with Gasteiger partial charge in [0.2, 0.25) is 5.95 Å². The van der Waals surface area contributed by atoms with Gasteiger partial charge in [0.25, 0.3) is 10.0 Å². The zero-order valence-electron chi connectivity index (χ0n) is 14.0. The van der Waals surface area contributed by atoms with Crippen LogP contribution in [0, 0.1) is 17.6 Å². The number of hydrogen-bond donors (Lipinski definition) is 1. The Balaban J connectivity index is 0.00000261. The van der Waals surface area contributed by atoms with Crippen LogP contribution in [0.25, 0.3) is 11.3 Å². The van der Waals surface area contributed by atoms with Crippen LogP contribution < -0.4 is 5.32 Å². The van der Waals surface area contributed by atoms with E-state index < -0.39 is 32.5 Å². The van der Waals surface area contributed by atoms with Crippen molar-refractivity contribution in [3.63, 3.8) is 0 Å². The van der Waals surface area contributed by atoms with Gasteiger partial charge in [0, 0.05) is 18.9 Å². The minimum absolute atomic E-state index is 0. The number of rotatable bonds is 5. The lowest BCUT2D eigenvalue weighted by molar-refractivity contribution is 0.484. The van der Waals surface area contributed by atoms with Gasteiger partial charge in [-0.05, 0) is 42.9 Å². The zero-order valence-corrected chi connectivity index (χ0v) is 15.6. The first-order valence-electron chi connectivity index (χ1n) is 7.52. The van der Waals surface area contributed by atoms with Crippen LogP contribution in [0.5, 0.6) is 0 Å². The average Bonchev–Trinajstić information content (AvgIpc) is 3.02. The summed E-state index contributed by atoms with van der Waals surface area (Å²) in [5.41, 5.74) is 0.408. The van der Waals surface area contributed by atoms with Crippen molar-refractivity contribution < 1.29 is 21.6 Å². The number of hydrogen-bond acceptors (Lipinski definition) is 4. The van der Waals surface area contributed by atoms with Crippen molar-refractivity contribution in [2.24, 2.45) is 0 Å².